The van der Waals surface area contributed by atoms with Gasteiger partial charge in [0.05, 0.1) is 19.3 Å². The first-order valence-electron chi connectivity index (χ1n) is 5.40. The molecule has 0 bridgehead atoms. The average Bonchev–Trinajstić information content (AvgIpc) is 2.67. The maximum atomic E-state index is 11.9. The highest BCUT2D eigenvalue weighted by Gasteiger charge is 2.38. The fraction of sp³-hybridized carbons (Fsp3) is 0.900. The molecule has 16 heavy (non-hydrogen) atoms. The number of aliphatic hydroxyl groups is 1. The molecule has 0 spiro atoms. The van der Waals surface area contributed by atoms with Gasteiger partial charge in [0.1, 0.15) is 5.54 Å². The summed E-state index contributed by atoms with van der Waals surface area (Å²) < 4.78 is 10.1. The second-order valence-electron chi connectivity index (χ2n) is 4.10. The van der Waals surface area contributed by atoms with Crippen molar-refractivity contribution in [1.82, 2.24) is 5.32 Å². The Balaban J connectivity index is 2.46. The predicted molar refractivity (Wildman–Crippen MR) is 57.9 cm³/mol. The lowest BCUT2D eigenvalue weighted by molar-refractivity contribution is -0.127. The number of ether oxygens (including phenoxy) is 2. The van der Waals surface area contributed by atoms with Crippen molar-refractivity contribution in [2.24, 2.45) is 5.73 Å². The van der Waals surface area contributed by atoms with Crippen molar-refractivity contribution >= 4 is 5.91 Å². The summed E-state index contributed by atoms with van der Waals surface area (Å²) in [6.45, 7) is 1.13. The molecule has 6 heteroatoms. The summed E-state index contributed by atoms with van der Waals surface area (Å²) in [5.74, 6) is -0.236. The number of carbonyl (C=O) groups excluding carboxylic acids is 1. The number of aliphatic hydroxyl groups excluding tert-OH is 1. The lowest BCUT2D eigenvalue weighted by atomic mass is 9.98. The van der Waals surface area contributed by atoms with Crippen LogP contribution in [0.4, 0.5) is 0 Å². The van der Waals surface area contributed by atoms with Gasteiger partial charge in [-0.3, -0.25) is 4.79 Å². The van der Waals surface area contributed by atoms with Crippen molar-refractivity contribution in [2.75, 3.05) is 33.5 Å². The Morgan fingerprint density at radius 1 is 1.75 bits per heavy atom. The number of hydrogen-bond acceptors (Lipinski definition) is 5. The number of rotatable bonds is 6. The first-order valence-corrected chi connectivity index (χ1v) is 5.40. The predicted octanol–water partition coefficient (Wildman–Crippen LogP) is -1.38. The lowest BCUT2D eigenvalue weighted by Gasteiger charge is -2.25. The molecule has 1 saturated heterocycles. The monoisotopic (exact) mass is 232 g/mol. The molecule has 0 aliphatic carbocycles. The zero-order valence-corrected chi connectivity index (χ0v) is 9.57. The number of methoxy groups -OCH3 is 1. The highest BCUT2D eigenvalue weighted by Crippen LogP contribution is 2.15. The SMILES string of the molecule is COCC(CCO)NC(=O)C1(N)CCOC1. The zero-order valence-electron chi connectivity index (χ0n) is 9.57. The molecule has 0 aromatic heterocycles. The summed E-state index contributed by atoms with van der Waals surface area (Å²) in [4.78, 5) is 11.9. The topological polar surface area (TPSA) is 93.8 Å². The number of carbonyl (C=O) groups is 1. The molecular weight excluding hydrogens is 212 g/mol. The summed E-state index contributed by atoms with van der Waals surface area (Å²) >= 11 is 0. The third-order valence-corrected chi connectivity index (χ3v) is 2.68. The molecule has 1 fully saturated rings. The Kier molecular flexibility index (Phi) is 5.14. The van der Waals surface area contributed by atoms with Crippen LogP contribution >= 0.6 is 0 Å². The summed E-state index contributed by atoms with van der Waals surface area (Å²) in [6, 6.07) is -0.205. The molecule has 1 aliphatic heterocycles. The Morgan fingerprint density at radius 3 is 3.00 bits per heavy atom. The summed E-state index contributed by atoms with van der Waals surface area (Å²) in [6.07, 6.45) is 0.980. The average molecular weight is 232 g/mol. The summed E-state index contributed by atoms with van der Waals surface area (Å²) in [5, 5.41) is 11.6. The highest BCUT2D eigenvalue weighted by atomic mass is 16.5. The number of hydrogen-bond donors (Lipinski definition) is 3. The largest absolute Gasteiger partial charge is 0.396 e. The molecule has 1 aliphatic rings. The highest BCUT2D eigenvalue weighted by molar-refractivity contribution is 5.86. The third kappa shape index (κ3) is 3.41. The van der Waals surface area contributed by atoms with Gasteiger partial charge in [-0.15, -0.1) is 0 Å². The van der Waals surface area contributed by atoms with Crippen molar-refractivity contribution < 1.29 is 19.4 Å². The van der Waals surface area contributed by atoms with Gasteiger partial charge < -0.3 is 25.6 Å². The van der Waals surface area contributed by atoms with Crippen LogP contribution in [0, 0.1) is 0 Å². The minimum Gasteiger partial charge on any atom is -0.396 e. The molecule has 1 rings (SSSR count). The van der Waals surface area contributed by atoms with Crippen LogP contribution in [0.1, 0.15) is 12.8 Å². The molecule has 94 valence electrons. The molecule has 0 saturated carbocycles. The second-order valence-corrected chi connectivity index (χ2v) is 4.10. The van der Waals surface area contributed by atoms with Crippen LogP contribution < -0.4 is 11.1 Å². The van der Waals surface area contributed by atoms with E-state index in [0.29, 0.717) is 26.1 Å². The van der Waals surface area contributed by atoms with Gasteiger partial charge in [0.2, 0.25) is 5.91 Å². The Bertz CT molecular complexity index is 223. The second kappa shape index (κ2) is 6.15. The summed E-state index contributed by atoms with van der Waals surface area (Å²) in [7, 11) is 1.55. The smallest absolute Gasteiger partial charge is 0.242 e. The first-order chi connectivity index (χ1) is 7.62. The van der Waals surface area contributed by atoms with Crippen LogP contribution in [0.15, 0.2) is 0 Å². The maximum absolute atomic E-state index is 11.9. The van der Waals surface area contributed by atoms with E-state index in [4.69, 9.17) is 20.3 Å². The minimum atomic E-state index is -0.929. The zero-order chi connectivity index (χ0) is 12.0. The van der Waals surface area contributed by atoms with Gasteiger partial charge in [-0.1, -0.05) is 0 Å². The van der Waals surface area contributed by atoms with Crippen molar-refractivity contribution in [1.29, 1.82) is 0 Å². The van der Waals surface area contributed by atoms with E-state index in [1.807, 2.05) is 0 Å². The molecule has 0 aromatic rings. The van der Waals surface area contributed by atoms with E-state index in [1.54, 1.807) is 7.11 Å². The van der Waals surface area contributed by atoms with Gasteiger partial charge in [0.15, 0.2) is 0 Å². The third-order valence-electron chi connectivity index (χ3n) is 2.68. The van der Waals surface area contributed by atoms with Crippen molar-refractivity contribution in [2.45, 2.75) is 24.4 Å². The van der Waals surface area contributed by atoms with E-state index in [1.165, 1.54) is 0 Å². The quantitative estimate of drug-likeness (QED) is 0.524. The normalized spacial score (nSPS) is 26.7. The molecular formula is C10H20N2O4. The van der Waals surface area contributed by atoms with Gasteiger partial charge >= 0.3 is 0 Å². The molecule has 4 N–H and O–H groups in total. The van der Waals surface area contributed by atoms with Crippen molar-refractivity contribution in [3.8, 4) is 0 Å². The van der Waals surface area contributed by atoms with E-state index < -0.39 is 5.54 Å². The van der Waals surface area contributed by atoms with Crippen LogP contribution in [0.25, 0.3) is 0 Å². The molecule has 2 atom stereocenters. The minimum absolute atomic E-state index is 0.00236. The van der Waals surface area contributed by atoms with Gasteiger partial charge in [-0.05, 0) is 12.8 Å². The van der Waals surface area contributed by atoms with Gasteiger partial charge in [0.25, 0.3) is 0 Å². The van der Waals surface area contributed by atoms with E-state index in [2.05, 4.69) is 5.32 Å². The van der Waals surface area contributed by atoms with E-state index >= 15 is 0 Å². The number of nitrogens with one attached hydrogen (secondary N) is 1. The molecule has 1 heterocycles. The number of nitrogens with two attached hydrogens (primary N) is 1. The van der Waals surface area contributed by atoms with Crippen LogP contribution in [0.5, 0.6) is 0 Å². The lowest BCUT2D eigenvalue weighted by Crippen LogP contribution is -2.57. The van der Waals surface area contributed by atoms with E-state index in [9.17, 15) is 4.79 Å². The Morgan fingerprint density at radius 2 is 2.50 bits per heavy atom. The Labute approximate surface area is 95.1 Å². The van der Waals surface area contributed by atoms with E-state index in [0.717, 1.165) is 0 Å². The van der Waals surface area contributed by atoms with Crippen LogP contribution in [-0.4, -0.2) is 56.1 Å². The molecule has 6 nitrogen and oxygen atoms in total. The number of amides is 1. The van der Waals surface area contributed by atoms with Crippen molar-refractivity contribution in [3.05, 3.63) is 0 Å². The van der Waals surface area contributed by atoms with Gasteiger partial charge in [0, 0.05) is 20.3 Å². The Hall–Kier alpha value is -0.690. The first kappa shape index (κ1) is 13.4. The molecule has 0 radical (unpaired) electrons. The van der Waals surface area contributed by atoms with Gasteiger partial charge in [-0.25, -0.2) is 0 Å². The van der Waals surface area contributed by atoms with Crippen molar-refractivity contribution in [3.63, 3.8) is 0 Å². The molecule has 1 amide bonds. The summed E-state index contributed by atoms with van der Waals surface area (Å²) in [5.41, 5.74) is 4.97. The van der Waals surface area contributed by atoms with Crippen LogP contribution in [0.2, 0.25) is 0 Å². The molecule has 0 aromatic carbocycles. The van der Waals surface area contributed by atoms with Crippen LogP contribution in [-0.2, 0) is 14.3 Å². The van der Waals surface area contributed by atoms with Crippen LogP contribution in [0.3, 0.4) is 0 Å². The van der Waals surface area contributed by atoms with E-state index in [-0.39, 0.29) is 25.2 Å². The fourth-order valence-corrected chi connectivity index (χ4v) is 1.64. The maximum Gasteiger partial charge on any atom is 0.242 e. The standard InChI is InChI=1S/C10H20N2O4/c1-15-6-8(2-4-13)12-9(14)10(11)3-5-16-7-10/h8,13H,2-7,11H2,1H3,(H,12,14). The fourth-order valence-electron chi connectivity index (χ4n) is 1.64. The van der Waals surface area contributed by atoms with Gasteiger partial charge in [-0.2, -0.15) is 0 Å². The molecule has 2 unspecified atom stereocenters.